The van der Waals surface area contributed by atoms with Gasteiger partial charge in [-0.2, -0.15) is 0 Å². The first kappa shape index (κ1) is 14.7. The fourth-order valence-electron chi connectivity index (χ4n) is 2.19. The van der Waals surface area contributed by atoms with E-state index in [1.807, 2.05) is 13.1 Å². The van der Waals surface area contributed by atoms with Gasteiger partial charge < -0.3 is 5.32 Å². The fraction of sp³-hybridized carbons (Fsp3) is 0.571. The Morgan fingerprint density at radius 1 is 1.41 bits per heavy atom. The van der Waals surface area contributed by atoms with E-state index >= 15 is 0 Å². The topological polar surface area (TPSA) is 12.0 Å². The molecule has 0 aromatic heterocycles. The van der Waals surface area contributed by atoms with Crippen molar-refractivity contribution >= 4 is 15.9 Å². The lowest BCUT2D eigenvalue weighted by atomic mass is 9.93. The molecule has 2 atom stereocenters. The summed E-state index contributed by atoms with van der Waals surface area (Å²) in [4.78, 5) is 0. The van der Waals surface area contributed by atoms with Crippen molar-refractivity contribution in [2.24, 2.45) is 5.92 Å². The molecular weight excluding hydrogens is 281 g/mol. The third-order valence-corrected chi connectivity index (χ3v) is 3.59. The van der Waals surface area contributed by atoms with Crippen LogP contribution in [-0.4, -0.2) is 7.05 Å². The minimum Gasteiger partial charge on any atom is -0.313 e. The molecule has 3 heteroatoms. The first-order valence-electron chi connectivity index (χ1n) is 6.20. The number of hydrogen-bond donors (Lipinski definition) is 1. The molecule has 1 aromatic carbocycles. The van der Waals surface area contributed by atoms with Crippen LogP contribution in [-0.2, 0) is 0 Å². The second kappa shape index (κ2) is 7.12. The van der Waals surface area contributed by atoms with Gasteiger partial charge in [-0.3, -0.25) is 0 Å². The zero-order chi connectivity index (χ0) is 12.8. The lowest BCUT2D eigenvalue weighted by Crippen LogP contribution is -2.20. The summed E-state index contributed by atoms with van der Waals surface area (Å²) in [7, 11) is 1.89. The van der Waals surface area contributed by atoms with Crippen LogP contribution in [0.3, 0.4) is 0 Å². The van der Waals surface area contributed by atoms with Gasteiger partial charge in [0.05, 0.1) is 0 Å². The van der Waals surface area contributed by atoms with Gasteiger partial charge in [-0.15, -0.1) is 0 Å². The zero-order valence-electron chi connectivity index (χ0n) is 10.8. The quantitative estimate of drug-likeness (QED) is 0.805. The summed E-state index contributed by atoms with van der Waals surface area (Å²) < 4.78 is 14.7. The average Bonchev–Trinajstić information content (AvgIpc) is 2.30. The molecule has 2 unspecified atom stereocenters. The van der Waals surface area contributed by atoms with Crippen molar-refractivity contribution in [2.45, 2.75) is 39.2 Å². The summed E-state index contributed by atoms with van der Waals surface area (Å²) >= 11 is 3.40. The van der Waals surface area contributed by atoms with E-state index in [0.29, 0.717) is 5.92 Å². The molecule has 0 heterocycles. The van der Waals surface area contributed by atoms with E-state index in [0.717, 1.165) is 16.5 Å². The Labute approximate surface area is 112 Å². The van der Waals surface area contributed by atoms with Crippen molar-refractivity contribution in [3.63, 3.8) is 0 Å². The third kappa shape index (κ3) is 4.40. The van der Waals surface area contributed by atoms with Gasteiger partial charge in [-0.25, -0.2) is 4.39 Å². The van der Waals surface area contributed by atoms with Gasteiger partial charge >= 0.3 is 0 Å². The van der Waals surface area contributed by atoms with E-state index in [2.05, 4.69) is 35.1 Å². The summed E-state index contributed by atoms with van der Waals surface area (Å²) in [6.07, 6.45) is 3.34. The second-order valence-corrected chi connectivity index (χ2v) is 5.55. The highest BCUT2D eigenvalue weighted by Crippen LogP contribution is 2.27. The number of halogens is 2. The van der Waals surface area contributed by atoms with Crippen LogP contribution >= 0.6 is 15.9 Å². The van der Waals surface area contributed by atoms with E-state index < -0.39 is 0 Å². The van der Waals surface area contributed by atoms with E-state index in [1.54, 1.807) is 6.07 Å². The Bertz CT molecular complexity index is 354. The minimum atomic E-state index is -0.128. The SMILES string of the molecule is CCCC(C)CC(NC)c1cc(Br)ccc1F. The lowest BCUT2D eigenvalue weighted by molar-refractivity contribution is 0.397. The van der Waals surface area contributed by atoms with Crippen LogP contribution in [0.25, 0.3) is 0 Å². The molecule has 1 aromatic rings. The third-order valence-electron chi connectivity index (χ3n) is 3.10. The lowest BCUT2D eigenvalue weighted by Gasteiger charge is -2.21. The summed E-state index contributed by atoms with van der Waals surface area (Å²) in [6, 6.07) is 5.22. The summed E-state index contributed by atoms with van der Waals surface area (Å²) in [5.41, 5.74) is 0.754. The summed E-state index contributed by atoms with van der Waals surface area (Å²) in [5.74, 6) is 0.479. The molecule has 1 N–H and O–H groups in total. The van der Waals surface area contributed by atoms with Gasteiger partial charge in [-0.05, 0) is 37.6 Å². The standard InChI is InChI=1S/C14H21BrFN/c1-4-5-10(2)8-14(17-3)12-9-11(15)6-7-13(12)16/h6-7,9-10,14,17H,4-5,8H2,1-3H3. The van der Waals surface area contributed by atoms with Gasteiger partial charge in [0.25, 0.3) is 0 Å². The Morgan fingerprint density at radius 3 is 2.71 bits per heavy atom. The van der Waals surface area contributed by atoms with Crippen molar-refractivity contribution in [3.8, 4) is 0 Å². The molecule has 0 bridgehead atoms. The van der Waals surface area contributed by atoms with E-state index in [9.17, 15) is 4.39 Å². The first-order valence-corrected chi connectivity index (χ1v) is 7.00. The van der Waals surface area contributed by atoms with Crippen LogP contribution in [0.2, 0.25) is 0 Å². The number of rotatable bonds is 6. The predicted octanol–water partition coefficient (Wildman–Crippen LogP) is 4.68. The molecule has 0 saturated heterocycles. The predicted molar refractivity (Wildman–Crippen MR) is 74.6 cm³/mol. The minimum absolute atomic E-state index is 0.0917. The van der Waals surface area contributed by atoms with E-state index in [4.69, 9.17) is 0 Å². The van der Waals surface area contributed by atoms with E-state index in [1.165, 1.54) is 18.9 Å². The maximum absolute atomic E-state index is 13.8. The fourth-order valence-corrected chi connectivity index (χ4v) is 2.57. The monoisotopic (exact) mass is 301 g/mol. The molecule has 1 rings (SSSR count). The van der Waals surface area contributed by atoms with Crippen molar-refractivity contribution in [1.82, 2.24) is 5.32 Å². The van der Waals surface area contributed by atoms with E-state index in [-0.39, 0.29) is 11.9 Å². The van der Waals surface area contributed by atoms with Crippen LogP contribution < -0.4 is 5.32 Å². The van der Waals surface area contributed by atoms with Gasteiger partial charge in [0, 0.05) is 16.1 Å². The number of hydrogen-bond acceptors (Lipinski definition) is 1. The number of benzene rings is 1. The molecule has 0 fully saturated rings. The van der Waals surface area contributed by atoms with Gasteiger partial charge in [0.15, 0.2) is 0 Å². The summed E-state index contributed by atoms with van der Waals surface area (Å²) in [5, 5.41) is 3.21. The van der Waals surface area contributed by atoms with Crippen molar-refractivity contribution in [3.05, 3.63) is 34.1 Å². The molecule has 0 amide bonds. The zero-order valence-corrected chi connectivity index (χ0v) is 12.3. The highest BCUT2D eigenvalue weighted by molar-refractivity contribution is 9.10. The Hall–Kier alpha value is -0.410. The van der Waals surface area contributed by atoms with Crippen molar-refractivity contribution < 1.29 is 4.39 Å². The molecule has 1 nitrogen and oxygen atoms in total. The molecule has 0 aliphatic carbocycles. The van der Waals surface area contributed by atoms with Gasteiger partial charge in [0.1, 0.15) is 5.82 Å². The van der Waals surface area contributed by atoms with Gasteiger partial charge in [0.2, 0.25) is 0 Å². The normalized spacial score (nSPS) is 14.6. The van der Waals surface area contributed by atoms with Crippen LogP contribution in [0.15, 0.2) is 22.7 Å². The maximum Gasteiger partial charge on any atom is 0.128 e. The Kier molecular flexibility index (Phi) is 6.14. The van der Waals surface area contributed by atoms with Crippen molar-refractivity contribution in [2.75, 3.05) is 7.05 Å². The van der Waals surface area contributed by atoms with Crippen LogP contribution in [0.1, 0.15) is 44.7 Å². The van der Waals surface area contributed by atoms with Crippen LogP contribution in [0, 0.1) is 11.7 Å². The largest absolute Gasteiger partial charge is 0.313 e. The number of nitrogens with one attached hydrogen (secondary N) is 1. The molecule has 0 spiro atoms. The molecule has 0 radical (unpaired) electrons. The van der Waals surface area contributed by atoms with Crippen molar-refractivity contribution in [1.29, 1.82) is 0 Å². The average molecular weight is 302 g/mol. The smallest absolute Gasteiger partial charge is 0.128 e. The Balaban J connectivity index is 2.82. The molecule has 0 aliphatic heterocycles. The first-order chi connectivity index (χ1) is 8.08. The molecule has 17 heavy (non-hydrogen) atoms. The highest BCUT2D eigenvalue weighted by Gasteiger charge is 2.17. The maximum atomic E-state index is 13.8. The van der Waals surface area contributed by atoms with Crippen LogP contribution in [0.4, 0.5) is 4.39 Å². The second-order valence-electron chi connectivity index (χ2n) is 4.64. The molecule has 96 valence electrons. The molecule has 0 aliphatic rings. The van der Waals surface area contributed by atoms with Crippen LogP contribution in [0.5, 0.6) is 0 Å². The molecular formula is C14H21BrFN. The highest BCUT2D eigenvalue weighted by atomic mass is 79.9. The Morgan fingerprint density at radius 2 is 2.12 bits per heavy atom. The van der Waals surface area contributed by atoms with Gasteiger partial charge in [-0.1, -0.05) is 42.6 Å². The molecule has 0 saturated carbocycles. The summed E-state index contributed by atoms with van der Waals surface area (Å²) in [6.45, 7) is 4.41.